The highest BCUT2D eigenvalue weighted by Gasteiger charge is 2.22. The first kappa shape index (κ1) is 14.8. The molecule has 0 spiro atoms. The summed E-state index contributed by atoms with van der Waals surface area (Å²) in [5.74, 6) is -0.958. The van der Waals surface area contributed by atoms with E-state index in [2.05, 4.69) is 5.32 Å². The third-order valence-electron chi connectivity index (χ3n) is 3.14. The van der Waals surface area contributed by atoms with Crippen molar-refractivity contribution < 1.29 is 19.1 Å². The predicted octanol–water partition coefficient (Wildman–Crippen LogP) is 2.00. The first-order valence-corrected chi connectivity index (χ1v) is 6.84. The maximum Gasteiger partial charge on any atom is 0.341 e. The van der Waals surface area contributed by atoms with Crippen LogP contribution in [0.4, 0.5) is 0 Å². The van der Waals surface area contributed by atoms with Crippen molar-refractivity contribution in [3.8, 4) is 0 Å². The molecule has 1 aromatic rings. The second kappa shape index (κ2) is 7.26. The SMILES string of the molecule is O=C(OCOC(=O)C1CCNCC1)c1ccc(Cl)cc1. The molecule has 0 aromatic heterocycles. The van der Waals surface area contributed by atoms with Gasteiger partial charge in [-0.1, -0.05) is 11.6 Å². The normalized spacial score (nSPS) is 15.7. The van der Waals surface area contributed by atoms with E-state index in [9.17, 15) is 9.59 Å². The van der Waals surface area contributed by atoms with Crippen molar-refractivity contribution in [1.82, 2.24) is 5.32 Å². The largest absolute Gasteiger partial charge is 0.428 e. The zero-order valence-corrected chi connectivity index (χ0v) is 11.7. The third kappa shape index (κ3) is 4.21. The summed E-state index contributed by atoms with van der Waals surface area (Å²) in [6, 6.07) is 6.30. The number of carbonyl (C=O) groups is 2. The zero-order valence-electron chi connectivity index (χ0n) is 10.9. The molecule has 5 nitrogen and oxygen atoms in total. The molecule has 0 atom stereocenters. The van der Waals surface area contributed by atoms with E-state index >= 15 is 0 Å². The number of benzene rings is 1. The maximum atomic E-state index is 11.7. The maximum absolute atomic E-state index is 11.7. The van der Waals surface area contributed by atoms with Gasteiger partial charge in [-0.15, -0.1) is 0 Å². The molecule has 0 amide bonds. The van der Waals surface area contributed by atoms with Gasteiger partial charge in [0.25, 0.3) is 0 Å². The smallest absolute Gasteiger partial charge is 0.341 e. The highest BCUT2D eigenvalue weighted by atomic mass is 35.5. The van der Waals surface area contributed by atoms with E-state index in [0.29, 0.717) is 10.6 Å². The molecule has 20 heavy (non-hydrogen) atoms. The molecule has 1 aromatic carbocycles. The summed E-state index contributed by atoms with van der Waals surface area (Å²) < 4.78 is 9.85. The van der Waals surface area contributed by atoms with Crippen molar-refractivity contribution in [2.75, 3.05) is 19.9 Å². The number of piperidine rings is 1. The van der Waals surface area contributed by atoms with Crippen LogP contribution in [0.1, 0.15) is 23.2 Å². The molecule has 0 aliphatic carbocycles. The minimum atomic E-state index is -0.542. The highest BCUT2D eigenvalue weighted by molar-refractivity contribution is 6.30. The molecular weight excluding hydrogens is 282 g/mol. The number of ether oxygens (including phenoxy) is 2. The molecule has 1 aliphatic rings. The number of rotatable bonds is 4. The van der Waals surface area contributed by atoms with Gasteiger partial charge >= 0.3 is 11.9 Å². The van der Waals surface area contributed by atoms with Crippen LogP contribution in [0.2, 0.25) is 5.02 Å². The fourth-order valence-electron chi connectivity index (χ4n) is 1.99. The fourth-order valence-corrected chi connectivity index (χ4v) is 2.11. The Balaban J connectivity index is 1.73. The molecule has 0 bridgehead atoms. The molecule has 1 N–H and O–H groups in total. The van der Waals surface area contributed by atoms with Gasteiger partial charge in [-0.25, -0.2) is 4.79 Å². The fraction of sp³-hybridized carbons (Fsp3) is 0.429. The number of nitrogens with one attached hydrogen (secondary N) is 1. The van der Waals surface area contributed by atoms with E-state index in [1.165, 1.54) is 0 Å². The Bertz CT molecular complexity index is 469. The van der Waals surface area contributed by atoms with Crippen LogP contribution in [-0.4, -0.2) is 31.8 Å². The Hall–Kier alpha value is -1.59. The number of hydrogen-bond acceptors (Lipinski definition) is 5. The lowest BCUT2D eigenvalue weighted by molar-refractivity contribution is -0.158. The van der Waals surface area contributed by atoms with E-state index in [0.717, 1.165) is 25.9 Å². The lowest BCUT2D eigenvalue weighted by Gasteiger charge is -2.20. The molecule has 1 saturated heterocycles. The molecule has 0 unspecified atom stereocenters. The standard InChI is InChI=1S/C14H16ClNO4/c15-12-3-1-10(2-4-12)13(17)19-9-20-14(18)11-5-7-16-8-6-11/h1-4,11,16H,5-9H2. The first-order valence-electron chi connectivity index (χ1n) is 6.47. The van der Waals surface area contributed by atoms with Crippen molar-refractivity contribution >= 4 is 23.5 Å². The number of carbonyl (C=O) groups excluding carboxylic acids is 2. The summed E-state index contributed by atoms with van der Waals surface area (Å²) >= 11 is 5.72. The Labute approximate surface area is 122 Å². The van der Waals surface area contributed by atoms with E-state index in [-0.39, 0.29) is 18.7 Å². The van der Waals surface area contributed by atoms with Crippen molar-refractivity contribution in [3.63, 3.8) is 0 Å². The lowest BCUT2D eigenvalue weighted by atomic mass is 9.99. The Kier molecular flexibility index (Phi) is 5.38. The summed E-state index contributed by atoms with van der Waals surface area (Å²) in [5.41, 5.74) is 0.368. The molecule has 0 saturated carbocycles. The molecule has 6 heteroatoms. The number of hydrogen-bond donors (Lipinski definition) is 1. The van der Waals surface area contributed by atoms with Gasteiger partial charge in [-0.2, -0.15) is 0 Å². The second-order valence-corrected chi connectivity index (χ2v) is 4.98. The second-order valence-electron chi connectivity index (χ2n) is 4.54. The van der Waals surface area contributed by atoms with Crippen LogP contribution >= 0.6 is 11.6 Å². The van der Waals surface area contributed by atoms with Gasteiger partial charge in [-0.05, 0) is 50.2 Å². The average Bonchev–Trinajstić information content (AvgIpc) is 2.48. The average molecular weight is 298 g/mol. The van der Waals surface area contributed by atoms with Crippen LogP contribution in [0.3, 0.4) is 0 Å². The monoisotopic (exact) mass is 297 g/mol. The predicted molar refractivity (Wildman–Crippen MR) is 73.4 cm³/mol. The van der Waals surface area contributed by atoms with Gasteiger partial charge in [-0.3, -0.25) is 4.79 Å². The van der Waals surface area contributed by atoms with Crippen molar-refractivity contribution in [2.24, 2.45) is 5.92 Å². The third-order valence-corrected chi connectivity index (χ3v) is 3.40. The Morgan fingerprint density at radius 1 is 1.15 bits per heavy atom. The van der Waals surface area contributed by atoms with Crippen LogP contribution in [0.25, 0.3) is 0 Å². The molecule has 1 heterocycles. The molecule has 1 fully saturated rings. The summed E-state index contributed by atoms with van der Waals surface area (Å²) in [6.45, 7) is 1.26. The van der Waals surface area contributed by atoms with Gasteiger partial charge < -0.3 is 14.8 Å². The molecule has 2 rings (SSSR count). The minimum absolute atomic E-state index is 0.106. The quantitative estimate of drug-likeness (QED) is 0.680. The molecule has 1 aliphatic heterocycles. The minimum Gasteiger partial charge on any atom is -0.428 e. The van der Waals surface area contributed by atoms with Gasteiger partial charge in [0.15, 0.2) is 0 Å². The first-order chi connectivity index (χ1) is 9.66. The van der Waals surface area contributed by atoms with E-state index in [4.69, 9.17) is 21.1 Å². The number of esters is 2. The van der Waals surface area contributed by atoms with Crippen LogP contribution in [-0.2, 0) is 14.3 Å². The van der Waals surface area contributed by atoms with Crippen LogP contribution < -0.4 is 5.32 Å². The molecule has 0 radical (unpaired) electrons. The van der Waals surface area contributed by atoms with Gasteiger partial charge in [0.05, 0.1) is 11.5 Å². The van der Waals surface area contributed by atoms with Crippen molar-refractivity contribution in [1.29, 1.82) is 0 Å². The van der Waals surface area contributed by atoms with Crippen molar-refractivity contribution in [2.45, 2.75) is 12.8 Å². The highest BCUT2D eigenvalue weighted by Crippen LogP contribution is 2.14. The van der Waals surface area contributed by atoms with Gasteiger partial charge in [0.1, 0.15) is 0 Å². The zero-order chi connectivity index (χ0) is 14.4. The summed E-state index contributed by atoms with van der Waals surface area (Å²) in [4.78, 5) is 23.3. The Morgan fingerprint density at radius 3 is 2.45 bits per heavy atom. The summed E-state index contributed by atoms with van der Waals surface area (Å²) in [7, 11) is 0. The Morgan fingerprint density at radius 2 is 1.80 bits per heavy atom. The topological polar surface area (TPSA) is 64.6 Å². The lowest BCUT2D eigenvalue weighted by Crippen LogP contribution is -2.33. The van der Waals surface area contributed by atoms with Crippen LogP contribution in [0, 0.1) is 5.92 Å². The van der Waals surface area contributed by atoms with Gasteiger partial charge in [0, 0.05) is 5.02 Å². The van der Waals surface area contributed by atoms with E-state index in [1.807, 2.05) is 0 Å². The van der Waals surface area contributed by atoms with E-state index in [1.54, 1.807) is 24.3 Å². The summed E-state index contributed by atoms with van der Waals surface area (Å²) in [5, 5.41) is 3.71. The van der Waals surface area contributed by atoms with Crippen molar-refractivity contribution in [3.05, 3.63) is 34.9 Å². The van der Waals surface area contributed by atoms with E-state index < -0.39 is 5.97 Å². The van der Waals surface area contributed by atoms with Gasteiger partial charge in [0.2, 0.25) is 6.79 Å². The molecular formula is C14H16ClNO4. The van der Waals surface area contributed by atoms with Crippen LogP contribution in [0.15, 0.2) is 24.3 Å². The van der Waals surface area contributed by atoms with Crippen LogP contribution in [0.5, 0.6) is 0 Å². The summed E-state index contributed by atoms with van der Waals surface area (Å²) in [6.07, 6.45) is 1.51. The number of halogens is 1. The molecule has 108 valence electrons.